The van der Waals surface area contributed by atoms with E-state index >= 15 is 0 Å². The lowest BCUT2D eigenvalue weighted by Gasteiger charge is -2.12. The number of rotatable bonds is 2. The van der Waals surface area contributed by atoms with Crippen molar-refractivity contribution in [3.8, 4) is 0 Å². The van der Waals surface area contributed by atoms with Crippen LogP contribution in [0.25, 0.3) is 0 Å². The summed E-state index contributed by atoms with van der Waals surface area (Å²) < 4.78 is 81.0. The zero-order valence-electron chi connectivity index (χ0n) is 8.43. The predicted octanol–water partition coefficient (Wildman–Crippen LogP) is -0.0947. The molecule has 0 bridgehead atoms. The molecule has 0 heterocycles. The van der Waals surface area contributed by atoms with E-state index in [0.717, 1.165) is 0 Å². The van der Waals surface area contributed by atoms with Crippen molar-refractivity contribution in [2.45, 2.75) is 16.0 Å². The molecule has 0 aromatic heterocycles. The van der Waals surface area contributed by atoms with Gasteiger partial charge < -0.3 is 5.73 Å². The van der Waals surface area contributed by atoms with Crippen LogP contribution >= 0.6 is 0 Å². The van der Waals surface area contributed by atoms with Crippen LogP contribution in [0.1, 0.15) is 5.56 Å². The predicted molar refractivity (Wildman–Crippen MR) is 55.8 cm³/mol. The van der Waals surface area contributed by atoms with E-state index in [-0.39, 0.29) is 6.07 Å². The minimum Gasteiger partial charge on any atom is -0.398 e. The number of thiol groups is 1. The molecule has 18 heavy (non-hydrogen) atoms. The number of sulfonamides is 1. The molecule has 102 valence electrons. The van der Waals surface area contributed by atoms with E-state index in [1.807, 2.05) is 0 Å². The summed E-state index contributed by atoms with van der Waals surface area (Å²) in [5.41, 5.74) is 2.81. The molecule has 0 radical (unpaired) electrons. The number of nitrogens with two attached hydrogens (primary N) is 2. The van der Waals surface area contributed by atoms with Crippen LogP contribution < -0.4 is 10.9 Å². The van der Waals surface area contributed by atoms with Crippen molar-refractivity contribution in [3.63, 3.8) is 0 Å². The molecule has 0 aliphatic heterocycles. The molecule has 11 heteroatoms. The summed E-state index contributed by atoms with van der Waals surface area (Å²) in [5, 5.41) is 4.70. The maximum absolute atomic E-state index is 12.5. The Morgan fingerprint density at radius 1 is 1.17 bits per heavy atom. The van der Waals surface area contributed by atoms with E-state index in [1.54, 1.807) is 0 Å². The second kappa shape index (κ2) is 4.40. The van der Waals surface area contributed by atoms with Crippen molar-refractivity contribution in [3.05, 3.63) is 17.7 Å². The van der Waals surface area contributed by atoms with E-state index in [0.29, 0.717) is 6.07 Å². The number of anilines is 1. The van der Waals surface area contributed by atoms with Crippen LogP contribution in [0.4, 0.5) is 18.9 Å². The lowest BCUT2D eigenvalue weighted by atomic mass is 10.2. The summed E-state index contributed by atoms with van der Waals surface area (Å²) >= 11 is 0. The Bertz CT molecular complexity index is 656. The number of hydrogen-bond donors (Lipinski definition) is 3. The van der Waals surface area contributed by atoms with Crippen LogP contribution in [-0.4, -0.2) is 16.8 Å². The average molecular weight is 304 g/mol. The van der Waals surface area contributed by atoms with Gasteiger partial charge in [0.25, 0.3) is 0 Å². The summed E-state index contributed by atoms with van der Waals surface area (Å²) in [7, 11) is -8.06. The van der Waals surface area contributed by atoms with Gasteiger partial charge in [-0.15, -0.1) is 0 Å². The molecule has 0 amide bonds. The summed E-state index contributed by atoms with van der Waals surface area (Å²) in [6.45, 7) is 0. The van der Waals surface area contributed by atoms with Gasteiger partial charge in [-0.2, -0.15) is 13.2 Å². The third-order valence-corrected chi connectivity index (χ3v) is 3.67. The number of hydrogen-bond acceptors (Lipinski definition) is 5. The van der Waals surface area contributed by atoms with Gasteiger partial charge in [-0.3, -0.25) is 0 Å². The molecule has 0 aliphatic carbocycles. The molecule has 0 fully saturated rings. The number of alkyl halides is 3. The van der Waals surface area contributed by atoms with Gasteiger partial charge in [0.2, 0.25) is 10.0 Å². The zero-order valence-corrected chi connectivity index (χ0v) is 10.1. The minimum absolute atomic E-state index is 0.222. The molecule has 1 aromatic rings. The Morgan fingerprint density at radius 2 is 1.67 bits per heavy atom. The van der Waals surface area contributed by atoms with Gasteiger partial charge in [0.15, 0.2) is 10.7 Å². The largest absolute Gasteiger partial charge is 0.417 e. The van der Waals surface area contributed by atoms with Gasteiger partial charge in [-0.25, -0.2) is 22.0 Å². The van der Waals surface area contributed by atoms with Gasteiger partial charge in [0.1, 0.15) is 4.90 Å². The number of halogens is 3. The van der Waals surface area contributed by atoms with E-state index in [4.69, 9.17) is 10.9 Å². The first-order chi connectivity index (χ1) is 7.94. The lowest BCUT2D eigenvalue weighted by Crippen LogP contribution is -2.17. The summed E-state index contributed by atoms with van der Waals surface area (Å²) in [6, 6.07) is 0.513. The Hall–Kier alpha value is -1.33. The van der Waals surface area contributed by atoms with Gasteiger partial charge in [0, 0.05) is 0 Å². The Balaban J connectivity index is 3.77. The number of nitrogen functional groups attached to an aromatic ring is 1. The van der Waals surface area contributed by atoms with Gasteiger partial charge >= 0.3 is 6.18 Å². The maximum atomic E-state index is 12.5. The Kier molecular flexibility index (Phi) is 3.60. The Morgan fingerprint density at radius 3 is 2.00 bits per heavy atom. The third kappa shape index (κ3) is 2.91. The van der Waals surface area contributed by atoms with Crippen LogP contribution in [0.2, 0.25) is 0 Å². The smallest absolute Gasteiger partial charge is 0.398 e. The lowest BCUT2D eigenvalue weighted by molar-refractivity contribution is -0.139. The molecule has 0 aliphatic rings. The quantitative estimate of drug-likeness (QED) is 0.521. The highest BCUT2D eigenvalue weighted by molar-refractivity contribution is 7.89. The monoisotopic (exact) mass is 304 g/mol. The van der Waals surface area contributed by atoms with Crippen molar-refractivity contribution in [1.29, 1.82) is 0 Å². The number of benzene rings is 1. The second-order valence-electron chi connectivity index (χ2n) is 3.21. The standard InChI is InChI=1S/C7H7F3N2O4S2/c8-7(9,10)3-1-4(11)6(18(12,15)16)2-5(3)17(13)14/h1-2,17H,11H2,(H2,12,15,16). The van der Waals surface area contributed by atoms with E-state index in [1.165, 1.54) is 0 Å². The highest BCUT2D eigenvalue weighted by Gasteiger charge is 2.36. The molecule has 0 saturated carbocycles. The van der Waals surface area contributed by atoms with Crippen molar-refractivity contribution in [1.82, 2.24) is 0 Å². The first kappa shape index (κ1) is 14.7. The van der Waals surface area contributed by atoms with Crippen LogP contribution in [0, 0.1) is 0 Å². The fourth-order valence-electron chi connectivity index (χ4n) is 1.21. The third-order valence-electron chi connectivity index (χ3n) is 1.94. The first-order valence-electron chi connectivity index (χ1n) is 4.12. The molecule has 0 spiro atoms. The van der Waals surface area contributed by atoms with Crippen molar-refractivity contribution in [2.24, 2.45) is 5.14 Å². The molecule has 6 nitrogen and oxygen atoms in total. The SMILES string of the molecule is Nc1cc(C(F)(F)F)c([SH](=O)=O)cc1S(N)(=O)=O. The minimum atomic E-state index is -4.98. The van der Waals surface area contributed by atoms with Crippen LogP contribution in [0.3, 0.4) is 0 Å². The average Bonchev–Trinajstić information content (AvgIpc) is 2.13. The van der Waals surface area contributed by atoms with E-state index in [9.17, 15) is 30.0 Å². The molecular formula is C7H7F3N2O4S2. The summed E-state index contributed by atoms with van der Waals surface area (Å²) in [6.07, 6.45) is -4.98. The van der Waals surface area contributed by atoms with Gasteiger partial charge in [-0.05, 0) is 12.1 Å². The van der Waals surface area contributed by atoms with E-state index in [2.05, 4.69) is 0 Å². The molecule has 1 aromatic carbocycles. The summed E-state index contributed by atoms with van der Waals surface area (Å²) in [4.78, 5) is -2.07. The highest BCUT2D eigenvalue weighted by atomic mass is 32.2. The second-order valence-corrected chi connectivity index (χ2v) is 5.73. The fourth-order valence-corrected chi connectivity index (χ4v) is 2.59. The Labute approximate surface area is 101 Å². The fraction of sp³-hybridized carbons (Fsp3) is 0.143. The first-order valence-corrected chi connectivity index (χ1v) is 6.85. The normalized spacial score (nSPS) is 12.9. The topological polar surface area (TPSA) is 120 Å². The molecule has 1 rings (SSSR count). The van der Waals surface area contributed by atoms with Gasteiger partial charge in [-0.1, -0.05) is 0 Å². The molecule has 0 saturated heterocycles. The van der Waals surface area contributed by atoms with E-state index < -0.39 is 47.9 Å². The van der Waals surface area contributed by atoms with Crippen LogP contribution in [0.15, 0.2) is 21.9 Å². The zero-order chi connectivity index (χ0) is 14.3. The van der Waals surface area contributed by atoms with Crippen LogP contribution in [0.5, 0.6) is 0 Å². The number of primary sulfonamides is 1. The molecule has 0 unspecified atom stereocenters. The summed E-state index contributed by atoms with van der Waals surface area (Å²) in [5.74, 6) is 0. The maximum Gasteiger partial charge on any atom is 0.417 e. The van der Waals surface area contributed by atoms with Crippen molar-refractivity contribution in [2.75, 3.05) is 5.73 Å². The highest BCUT2D eigenvalue weighted by Crippen LogP contribution is 2.36. The van der Waals surface area contributed by atoms with Crippen molar-refractivity contribution < 1.29 is 30.0 Å². The van der Waals surface area contributed by atoms with Gasteiger partial charge in [0.05, 0.1) is 16.1 Å². The molecular weight excluding hydrogens is 297 g/mol. The molecule has 0 atom stereocenters. The van der Waals surface area contributed by atoms with Crippen LogP contribution in [-0.2, 0) is 26.9 Å². The molecule has 4 N–H and O–H groups in total. The van der Waals surface area contributed by atoms with Crippen molar-refractivity contribution >= 4 is 26.4 Å².